The van der Waals surface area contributed by atoms with Gasteiger partial charge in [-0.15, -0.1) is 0 Å². The van der Waals surface area contributed by atoms with E-state index in [4.69, 9.17) is 0 Å². The summed E-state index contributed by atoms with van der Waals surface area (Å²) in [7, 11) is 2.39. The Morgan fingerprint density at radius 3 is 1.05 bits per heavy atom. The van der Waals surface area contributed by atoms with Crippen LogP contribution in [0.15, 0.2) is 91.0 Å². The fourth-order valence-corrected chi connectivity index (χ4v) is 6.30. The van der Waals surface area contributed by atoms with E-state index in [1.165, 1.54) is 107 Å². The second-order valence-electron chi connectivity index (χ2n) is 12.2. The van der Waals surface area contributed by atoms with Crippen molar-refractivity contribution >= 4 is 0 Å². The lowest BCUT2D eigenvalue weighted by atomic mass is 9.78. The highest BCUT2D eigenvalue weighted by atomic mass is 15.2. The van der Waals surface area contributed by atoms with Gasteiger partial charge in [0.15, 0.2) is 0 Å². The Morgan fingerprint density at radius 2 is 0.725 bits per heavy atom. The summed E-state index contributed by atoms with van der Waals surface area (Å²) in [5.74, 6) is 0. The molecule has 3 aromatic carbocycles. The van der Waals surface area contributed by atoms with Gasteiger partial charge in [-0.2, -0.15) is 0 Å². The number of rotatable bonds is 22. The van der Waals surface area contributed by atoms with Crippen LogP contribution in [0.4, 0.5) is 0 Å². The first kappa shape index (κ1) is 32.1. The van der Waals surface area contributed by atoms with Crippen LogP contribution in [0.1, 0.15) is 114 Å². The minimum Gasteiger partial charge on any atom is -0.300 e. The predicted octanol–water partition coefficient (Wildman–Crippen LogP) is 10.9. The van der Waals surface area contributed by atoms with E-state index < -0.39 is 0 Å². The molecular formula is C39H57N. The van der Waals surface area contributed by atoms with Crippen LogP contribution in [0.3, 0.4) is 0 Å². The van der Waals surface area contributed by atoms with Gasteiger partial charge < -0.3 is 0 Å². The zero-order valence-corrected chi connectivity index (χ0v) is 25.8. The van der Waals surface area contributed by atoms with Crippen LogP contribution in [0.2, 0.25) is 0 Å². The third-order valence-corrected chi connectivity index (χ3v) is 8.78. The molecule has 1 nitrogen and oxygen atoms in total. The lowest BCUT2D eigenvalue weighted by Crippen LogP contribution is -2.52. The third-order valence-electron chi connectivity index (χ3n) is 8.78. The molecule has 0 bridgehead atoms. The van der Waals surface area contributed by atoms with Gasteiger partial charge in [-0.3, -0.25) is 4.90 Å². The second-order valence-corrected chi connectivity index (χ2v) is 12.2. The molecule has 1 heteroatoms. The van der Waals surface area contributed by atoms with Gasteiger partial charge in [-0.1, -0.05) is 181 Å². The Morgan fingerprint density at radius 1 is 0.425 bits per heavy atom. The number of nitrogens with zero attached hydrogens (tertiary/aromatic N) is 1. The van der Waals surface area contributed by atoms with Crippen molar-refractivity contribution in [3.63, 3.8) is 0 Å². The Hall–Kier alpha value is -2.38. The van der Waals surface area contributed by atoms with Crippen LogP contribution in [-0.2, 0) is 19.3 Å². The van der Waals surface area contributed by atoms with E-state index >= 15 is 0 Å². The van der Waals surface area contributed by atoms with E-state index in [1.807, 2.05) is 0 Å². The van der Waals surface area contributed by atoms with Gasteiger partial charge in [-0.05, 0) is 56.0 Å². The van der Waals surface area contributed by atoms with Crippen molar-refractivity contribution in [3.05, 3.63) is 108 Å². The lowest BCUT2D eigenvalue weighted by Gasteiger charge is -2.43. The summed E-state index contributed by atoms with van der Waals surface area (Å²) >= 11 is 0. The van der Waals surface area contributed by atoms with Gasteiger partial charge in [0, 0.05) is 5.54 Å². The monoisotopic (exact) mass is 539 g/mol. The number of benzene rings is 3. The van der Waals surface area contributed by atoms with Crippen LogP contribution in [0.5, 0.6) is 0 Å². The summed E-state index contributed by atoms with van der Waals surface area (Å²) in [5, 5.41) is 0. The minimum atomic E-state index is 0.0423. The van der Waals surface area contributed by atoms with E-state index in [-0.39, 0.29) is 5.54 Å². The van der Waals surface area contributed by atoms with Crippen molar-refractivity contribution in [2.24, 2.45) is 0 Å². The molecule has 40 heavy (non-hydrogen) atoms. The number of unbranched alkanes of at least 4 members (excludes halogenated alkanes) is 13. The summed E-state index contributed by atoms with van der Waals surface area (Å²) < 4.78 is 0. The maximum atomic E-state index is 2.71. The number of hydrogen-bond acceptors (Lipinski definition) is 1. The molecule has 0 amide bonds. The van der Waals surface area contributed by atoms with Crippen molar-refractivity contribution in [3.8, 4) is 0 Å². The minimum absolute atomic E-state index is 0.0423. The molecule has 0 saturated carbocycles. The van der Waals surface area contributed by atoms with Crippen LogP contribution in [-0.4, -0.2) is 24.0 Å². The first-order valence-electron chi connectivity index (χ1n) is 16.5. The largest absolute Gasteiger partial charge is 0.300 e. The molecule has 3 rings (SSSR count). The Labute approximate surface area is 247 Å². The standard InChI is InChI=1S/C39H57N/c1-3-4-5-6-7-8-9-10-11-12-13-14-15-25-32-40(2)39(33-36-26-19-16-20-27-36,34-37-28-21-17-22-29-37)35-38-30-23-18-24-31-38/h16-24,26-31H,3-15,25,32-35H2,1-2H3. The highest BCUT2D eigenvalue weighted by molar-refractivity contribution is 5.27. The first-order valence-corrected chi connectivity index (χ1v) is 16.5. The molecule has 0 radical (unpaired) electrons. The molecule has 0 spiro atoms. The zero-order valence-electron chi connectivity index (χ0n) is 25.8. The van der Waals surface area contributed by atoms with Crippen LogP contribution >= 0.6 is 0 Å². The highest BCUT2D eigenvalue weighted by Gasteiger charge is 2.35. The average molecular weight is 540 g/mol. The SMILES string of the molecule is CCCCCCCCCCCCCCCCN(C)C(Cc1ccccc1)(Cc1ccccc1)Cc1ccccc1. The van der Waals surface area contributed by atoms with Gasteiger partial charge in [0.2, 0.25) is 0 Å². The quantitative estimate of drug-likeness (QED) is 0.115. The second kappa shape index (κ2) is 19.7. The van der Waals surface area contributed by atoms with Gasteiger partial charge in [-0.25, -0.2) is 0 Å². The van der Waals surface area contributed by atoms with E-state index in [0.717, 1.165) is 25.8 Å². The summed E-state index contributed by atoms with van der Waals surface area (Å²) in [4.78, 5) is 2.71. The van der Waals surface area contributed by atoms with Crippen molar-refractivity contribution in [2.75, 3.05) is 13.6 Å². The number of likely N-dealkylation sites (N-methyl/N-ethyl adjacent to an activating group) is 1. The highest BCUT2D eigenvalue weighted by Crippen LogP contribution is 2.30. The lowest BCUT2D eigenvalue weighted by molar-refractivity contribution is 0.113. The molecule has 0 aromatic heterocycles. The van der Waals surface area contributed by atoms with Crippen molar-refractivity contribution < 1.29 is 0 Å². The molecule has 3 aromatic rings. The van der Waals surface area contributed by atoms with Gasteiger partial charge in [0.1, 0.15) is 0 Å². The molecule has 0 unspecified atom stereocenters. The Balaban J connectivity index is 1.51. The molecule has 0 aliphatic rings. The van der Waals surface area contributed by atoms with Crippen molar-refractivity contribution in [1.82, 2.24) is 4.90 Å². The summed E-state index contributed by atoms with van der Waals surface area (Å²) in [5.41, 5.74) is 4.34. The molecule has 0 saturated heterocycles. The van der Waals surface area contributed by atoms with Crippen LogP contribution in [0.25, 0.3) is 0 Å². The molecule has 0 fully saturated rings. The van der Waals surface area contributed by atoms with Crippen molar-refractivity contribution in [1.29, 1.82) is 0 Å². The fraction of sp³-hybridized carbons (Fsp3) is 0.538. The molecule has 0 aliphatic carbocycles. The van der Waals surface area contributed by atoms with Crippen LogP contribution in [0, 0.1) is 0 Å². The molecule has 0 aliphatic heterocycles. The maximum Gasteiger partial charge on any atom is 0.0327 e. The van der Waals surface area contributed by atoms with Gasteiger partial charge in [0.05, 0.1) is 0 Å². The van der Waals surface area contributed by atoms with E-state index in [9.17, 15) is 0 Å². The summed E-state index contributed by atoms with van der Waals surface area (Å²) in [6.07, 6.45) is 22.9. The van der Waals surface area contributed by atoms with E-state index in [1.54, 1.807) is 0 Å². The fourth-order valence-electron chi connectivity index (χ4n) is 6.30. The summed E-state index contributed by atoms with van der Waals surface area (Å²) in [6, 6.07) is 33.4. The van der Waals surface area contributed by atoms with Gasteiger partial charge >= 0.3 is 0 Å². The van der Waals surface area contributed by atoms with Crippen molar-refractivity contribution in [2.45, 2.75) is 122 Å². The third kappa shape index (κ3) is 12.4. The summed E-state index contributed by atoms with van der Waals surface area (Å²) in [6.45, 7) is 3.46. The topological polar surface area (TPSA) is 3.24 Å². The first-order chi connectivity index (χ1) is 19.7. The molecule has 218 valence electrons. The Kier molecular flexibility index (Phi) is 15.8. The normalized spacial score (nSPS) is 11.8. The maximum absolute atomic E-state index is 2.71. The van der Waals surface area contributed by atoms with E-state index in [2.05, 4.69) is 110 Å². The van der Waals surface area contributed by atoms with Gasteiger partial charge in [0.25, 0.3) is 0 Å². The van der Waals surface area contributed by atoms with Crippen LogP contribution < -0.4 is 0 Å². The zero-order chi connectivity index (χ0) is 28.1. The van der Waals surface area contributed by atoms with E-state index in [0.29, 0.717) is 0 Å². The average Bonchev–Trinajstić information content (AvgIpc) is 2.98. The smallest absolute Gasteiger partial charge is 0.0327 e. The molecular weight excluding hydrogens is 482 g/mol. The molecule has 0 heterocycles. The Bertz CT molecular complexity index is 880. The number of hydrogen-bond donors (Lipinski definition) is 0. The molecule has 0 atom stereocenters. The predicted molar refractivity (Wildman–Crippen MR) is 176 cm³/mol. The molecule has 0 N–H and O–H groups in total.